The zero-order chi connectivity index (χ0) is 13.2. The third kappa shape index (κ3) is 2.65. The quantitative estimate of drug-likeness (QED) is 0.886. The summed E-state index contributed by atoms with van der Waals surface area (Å²) in [4.78, 5) is 8.51. The van der Waals surface area contributed by atoms with Crippen molar-refractivity contribution >= 4 is 28.3 Å². The Balaban J connectivity index is 1.92. The molecule has 19 heavy (non-hydrogen) atoms. The van der Waals surface area contributed by atoms with Crippen LogP contribution in [0.15, 0.2) is 24.5 Å². The molecule has 0 spiro atoms. The molecule has 0 amide bonds. The molecule has 2 N–H and O–H groups in total. The number of hydrogen-bond acceptors (Lipinski definition) is 4. The molecule has 0 saturated heterocycles. The molecule has 0 aliphatic heterocycles. The molecule has 4 nitrogen and oxygen atoms in total. The van der Waals surface area contributed by atoms with E-state index in [9.17, 15) is 5.11 Å². The molecule has 1 heterocycles. The summed E-state index contributed by atoms with van der Waals surface area (Å²) in [5.74, 6) is 0.771. The predicted molar refractivity (Wildman–Crippen MR) is 76.4 cm³/mol. The van der Waals surface area contributed by atoms with Crippen LogP contribution in [0.4, 0.5) is 5.82 Å². The second kappa shape index (κ2) is 5.31. The Morgan fingerprint density at radius 1 is 1.21 bits per heavy atom. The molecule has 2 aromatic rings. The van der Waals surface area contributed by atoms with Crippen molar-refractivity contribution in [3.63, 3.8) is 0 Å². The molecule has 100 valence electrons. The summed E-state index contributed by atoms with van der Waals surface area (Å²) >= 11 is 5.97. The van der Waals surface area contributed by atoms with Crippen LogP contribution in [0.3, 0.4) is 0 Å². The Labute approximate surface area is 116 Å². The summed E-state index contributed by atoms with van der Waals surface area (Å²) in [5.41, 5.74) is 0.815. The fraction of sp³-hybridized carbons (Fsp3) is 0.429. The highest BCUT2D eigenvalue weighted by Crippen LogP contribution is 2.26. The summed E-state index contributed by atoms with van der Waals surface area (Å²) in [7, 11) is 0. The molecule has 1 aromatic heterocycles. The molecule has 5 heteroatoms. The van der Waals surface area contributed by atoms with Crippen molar-refractivity contribution in [3.05, 3.63) is 29.5 Å². The fourth-order valence-electron chi connectivity index (χ4n) is 2.60. The van der Waals surface area contributed by atoms with Gasteiger partial charge in [0.2, 0.25) is 0 Å². The molecule has 0 unspecified atom stereocenters. The summed E-state index contributed by atoms with van der Waals surface area (Å²) in [6, 6.07) is 5.63. The third-order valence-corrected chi connectivity index (χ3v) is 3.89. The lowest BCUT2D eigenvalue weighted by Crippen LogP contribution is -2.36. The van der Waals surface area contributed by atoms with E-state index < -0.39 is 0 Å². The molecule has 1 fully saturated rings. The maximum absolute atomic E-state index is 10.0. The highest BCUT2D eigenvalue weighted by Gasteiger charge is 2.23. The molecular formula is C14H16ClN3O. The topological polar surface area (TPSA) is 58.0 Å². The van der Waals surface area contributed by atoms with E-state index in [0.717, 1.165) is 42.4 Å². The highest BCUT2D eigenvalue weighted by molar-refractivity contribution is 6.31. The SMILES string of the molecule is O[C@H]1CCCC[C@@H]1Nc1ncnc2cc(Cl)ccc12. The molecule has 1 aliphatic rings. The average molecular weight is 278 g/mol. The number of aromatic nitrogens is 2. The smallest absolute Gasteiger partial charge is 0.137 e. The van der Waals surface area contributed by atoms with Crippen LogP contribution in [0, 0.1) is 0 Å². The monoisotopic (exact) mass is 277 g/mol. The molecule has 3 rings (SSSR count). The largest absolute Gasteiger partial charge is 0.391 e. The summed E-state index contributed by atoms with van der Waals surface area (Å²) in [5, 5.41) is 15.0. The number of halogens is 1. The normalized spacial score (nSPS) is 23.5. The van der Waals surface area contributed by atoms with E-state index in [1.807, 2.05) is 18.2 Å². The minimum atomic E-state index is -0.300. The Kier molecular flexibility index (Phi) is 3.53. The number of aliphatic hydroxyl groups excluding tert-OH is 1. The van der Waals surface area contributed by atoms with E-state index in [0.29, 0.717) is 5.02 Å². The van der Waals surface area contributed by atoms with Crippen molar-refractivity contribution in [2.24, 2.45) is 0 Å². The van der Waals surface area contributed by atoms with Crippen molar-refractivity contribution < 1.29 is 5.11 Å². The number of aliphatic hydroxyl groups is 1. The third-order valence-electron chi connectivity index (χ3n) is 3.65. The van der Waals surface area contributed by atoms with Gasteiger partial charge in [-0.05, 0) is 31.0 Å². The number of hydrogen-bond donors (Lipinski definition) is 2. The first-order valence-electron chi connectivity index (χ1n) is 6.59. The number of nitrogens with one attached hydrogen (secondary N) is 1. The zero-order valence-electron chi connectivity index (χ0n) is 10.5. The van der Waals surface area contributed by atoms with Crippen molar-refractivity contribution in [1.82, 2.24) is 9.97 Å². The van der Waals surface area contributed by atoms with Crippen molar-refractivity contribution in [1.29, 1.82) is 0 Å². The van der Waals surface area contributed by atoms with Gasteiger partial charge >= 0.3 is 0 Å². The van der Waals surface area contributed by atoms with Crippen LogP contribution in [-0.2, 0) is 0 Å². The lowest BCUT2D eigenvalue weighted by molar-refractivity contribution is 0.116. The number of rotatable bonds is 2. The van der Waals surface area contributed by atoms with Gasteiger partial charge in [0.05, 0.1) is 17.7 Å². The Bertz CT molecular complexity index is 590. The van der Waals surface area contributed by atoms with Gasteiger partial charge in [-0.3, -0.25) is 0 Å². The number of nitrogens with zero attached hydrogens (tertiary/aromatic N) is 2. The Morgan fingerprint density at radius 2 is 2.05 bits per heavy atom. The first-order valence-corrected chi connectivity index (χ1v) is 6.97. The first kappa shape index (κ1) is 12.6. The van der Waals surface area contributed by atoms with Crippen LogP contribution in [-0.4, -0.2) is 27.2 Å². The van der Waals surface area contributed by atoms with E-state index in [1.165, 1.54) is 6.33 Å². The van der Waals surface area contributed by atoms with Crippen LogP contribution in [0.5, 0.6) is 0 Å². The van der Waals surface area contributed by atoms with Crippen molar-refractivity contribution in [2.45, 2.75) is 37.8 Å². The summed E-state index contributed by atoms with van der Waals surface area (Å²) < 4.78 is 0. The first-order chi connectivity index (χ1) is 9.24. The van der Waals surface area contributed by atoms with Gasteiger partial charge in [-0.15, -0.1) is 0 Å². The van der Waals surface area contributed by atoms with Gasteiger partial charge in [0.25, 0.3) is 0 Å². The minimum absolute atomic E-state index is 0.0718. The van der Waals surface area contributed by atoms with Gasteiger partial charge in [0.15, 0.2) is 0 Å². The van der Waals surface area contributed by atoms with Gasteiger partial charge in [0.1, 0.15) is 12.1 Å². The van der Waals surface area contributed by atoms with Gasteiger partial charge in [0, 0.05) is 10.4 Å². The number of anilines is 1. The molecule has 1 saturated carbocycles. The van der Waals surface area contributed by atoms with E-state index >= 15 is 0 Å². The maximum Gasteiger partial charge on any atom is 0.137 e. The fourth-order valence-corrected chi connectivity index (χ4v) is 2.77. The van der Waals surface area contributed by atoms with Gasteiger partial charge in [-0.1, -0.05) is 24.4 Å². The van der Waals surface area contributed by atoms with Crippen LogP contribution in [0.2, 0.25) is 5.02 Å². The lowest BCUT2D eigenvalue weighted by Gasteiger charge is -2.29. The molecule has 2 atom stereocenters. The van der Waals surface area contributed by atoms with E-state index in [2.05, 4.69) is 15.3 Å². The number of fused-ring (bicyclic) bond motifs is 1. The van der Waals surface area contributed by atoms with Gasteiger partial charge in [-0.25, -0.2) is 9.97 Å². The molecule has 0 radical (unpaired) electrons. The average Bonchev–Trinajstić information content (AvgIpc) is 2.41. The van der Waals surface area contributed by atoms with Crippen LogP contribution < -0.4 is 5.32 Å². The molecule has 1 aromatic carbocycles. The lowest BCUT2D eigenvalue weighted by atomic mass is 9.92. The Hall–Kier alpha value is -1.39. The van der Waals surface area contributed by atoms with Gasteiger partial charge < -0.3 is 10.4 Å². The van der Waals surface area contributed by atoms with Crippen LogP contribution >= 0.6 is 11.6 Å². The highest BCUT2D eigenvalue weighted by atomic mass is 35.5. The second-order valence-corrected chi connectivity index (χ2v) is 5.42. The van der Waals surface area contributed by atoms with E-state index in [4.69, 9.17) is 11.6 Å². The maximum atomic E-state index is 10.0. The predicted octanol–water partition coefficient (Wildman–Crippen LogP) is 3.00. The molecule has 1 aliphatic carbocycles. The van der Waals surface area contributed by atoms with E-state index in [-0.39, 0.29) is 12.1 Å². The van der Waals surface area contributed by atoms with Crippen molar-refractivity contribution in [3.8, 4) is 0 Å². The van der Waals surface area contributed by atoms with Gasteiger partial charge in [-0.2, -0.15) is 0 Å². The zero-order valence-corrected chi connectivity index (χ0v) is 11.3. The Morgan fingerprint density at radius 3 is 2.89 bits per heavy atom. The number of benzene rings is 1. The van der Waals surface area contributed by atoms with Crippen molar-refractivity contribution in [2.75, 3.05) is 5.32 Å². The summed E-state index contributed by atoms with van der Waals surface area (Å²) in [6.07, 6.45) is 5.29. The van der Waals surface area contributed by atoms with Crippen LogP contribution in [0.1, 0.15) is 25.7 Å². The standard InChI is InChI=1S/C14H16ClN3O/c15-9-5-6-10-12(7-9)16-8-17-14(10)18-11-3-1-2-4-13(11)19/h5-8,11,13,19H,1-4H2,(H,16,17,18)/t11-,13-/m0/s1. The van der Waals surface area contributed by atoms with E-state index in [1.54, 1.807) is 0 Å². The minimum Gasteiger partial charge on any atom is -0.391 e. The summed E-state index contributed by atoms with van der Waals surface area (Å²) in [6.45, 7) is 0. The molecule has 0 bridgehead atoms. The second-order valence-electron chi connectivity index (χ2n) is 4.99. The molecular weight excluding hydrogens is 262 g/mol. The van der Waals surface area contributed by atoms with Crippen LogP contribution in [0.25, 0.3) is 10.9 Å².